The first-order valence-electron chi connectivity index (χ1n) is 7.93. The lowest BCUT2D eigenvalue weighted by molar-refractivity contribution is -0.00539. The van der Waals surface area contributed by atoms with Crippen LogP contribution in [0.2, 0.25) is 0 Å². The highest BCUT2D eigenvalue weighted by atomic mass is 19.2. The number of ether oxygens (including phenoxy) is 1. The van der Waals surface area contributed by atoms with Crippen molar-refractivity contribution in [3.05, 3.63) is 47.5 Å². The van der Waals surface area contributed by atoms with Crippen LogP contribution in [0.3, 0.4) is 0 Å². The first-order chi connectivity index (χ1) is 12.3. The standard InChI is InChI=1S/C17H16F5N3O/c1-8-6-25(7-9(2)26-8)12-4-3-10(5-11(12)18)23-15-13(19)16(21)24-17(22)14(15)20/h3-5,8-9H,6-7H2,1-2H3,(H,23,24). The molecule has 0 saturated carbocycles. The monoisotopic (exact) mass is 373 g/mol. The quantitative estimate of drug-likeness (QED) is 0.648. The second-order valence-corrected chi connectivity index (χ2v) is 6.15. The Balaban J connectivity index is 1.87. The third-order valence-electron chi connectivity index (χ3n) is 3.97. The molecule has 1 aliphatic heterocycles. The van der Waals surface area contributed by atoms with Gasteiger partial charge in [-0.2, -0.15) is 22.5 Å². The van der Waals surface area contributed by atoms with Crippen molar-refractivity contribution >= 4 is 17.1 Å². The third-order valence-corrected chi connectivity index (χ3v) is 3.97. The average molecular weight is 373 g/mol. The van der Waals surface area contributed by atoms with Crippen LogP contribution in [0.4, 0.5) is 39.0 Å². The number of aromatic nitrogens is 1. The van der Waals surface area contributed by atoms with E-state index in [1.807, 2.05) is 13.8 Å². The number of nitrogens with zero attached hydrogens (tertiary/aromatic N) is 2. The highest BCUT2D eigenvalue weighted by Gasteiger charge is 2.25. The minimum Gasteiger partial charge on any atom is -0.372 e. The van der Waals surface area contributed by atoms with E-state index >= 15 is 0 Å². The highest BCUT2D eigenvalue weighted by Crippen LogP contribution is 2.30. The van der Waals surface area contributed by atoms with E-state index in [2.05, 4.69) is 10.3 Å². The Morgan fingerprint density at radius 3 is 2.12 bits per heavy atom. The van der Waals surface area contributed by atoms with E-state index in [1.54, 1.807) is 4.90 Å². The molecule has 2 heterocycles. The van der Waals surface area contributed by atoms with Crippen LogP contribution in [-0.2, 0) is 4.74 Å². The fourth-order valence-corrected chi connectivity index (χ4v) is 2.96. The number of anilines is 3. The normalized spacial score (nSPS) is 20.3. The van der Waals surface area contributed by atoms with Gasteiger partial charge in [0.25, 0.3) is 11.9 Å². The molecular weight excluding hydrogens is 357 g/mol. The Kier molecular flexibility index (Phi) is 4.99. The maximum Gasteiger partial charge on any atom is 0.253 e. The maximum atomic E-state index is 14.5. The van der Waals surface area contributed by atoms with Gasteiger partial charge in [-0.05, 0) is 32.0 Å². The predicted molar refractivity (Wildman–Crippen MR) is 86.0 cm³/mol. The topological polar surface area (TPSA) is 37.4 Å². The zero-order valence-corrected chi connectivity index (χ0v) is 14.0. The Morgan fingerprint density at radius 2 is 1.58 bits per heavy atom. The van der Waals surface area contributed by atoms with Crippen molar-refractivity contribution < 1.29 is 26.7 Å². The van der Waals surface area contributed by atoms with Gasteiger partial charge in [0.2, 0.25) is 11.6 Å². The van der Waals surface area contributed by atoms with E-state index in [1.165, 1.54) is 12.1 Å². The summed E-state index contributed by atoms with van der Waals surface area (Å²) in [5, 5.41) is 2.16. The van der Waals surface area contributed by atoms with E-state index in [-0.39, 0.29) is 17.9 Å². The summed E-state index contributed by atoms with van der Waals surface area (Å²) < 4.78 is 73.7. The average Bonchev–Trinajstić information content (AvgIpc) is 2.56. The van der Waals surface area contributed by atoms with Gasteiger partial charge in [-0.25, -0.2) is 4.39 Å². The van der Waals surface area contributed by atoms with E-state index < -0.39 is 35.0 Å². The van der Waals surface area contributed by atoms with Crippen LogP contribution >= 0.6 is 0 Å². The Morgan fingerprint density at radius 1 is 1.00 bits per heavy atom. The van der Waals surface area contributed by atoms with Crippen LogP contribution in [0.1, 0.15) is 13.8 Å². The lowest BCUT2D eigenvalue weighted by Gasteiger charge is -2.37. The maximum absolute atomic E-state index is 14.5. The SMILES string of the molecule is CC1CN(c2ccc(Nc3c(F)c(F)nc(F)c3F)cc2F)CC(C)O1. The van der Waals surface area contributed by atoms with Crippen LogP contribution in [0.5, 0.6) is 0 Å². The second kappa shape index (κ2) is 7.06. The highest BCUT2D eigenvalue weighted by molar-refractivity contribution is 5.64. The minimum atomic E-state index is -1.79. The number of benzene rings is 1. The van der Waals surface area contributed by atoms with E-state index in [9.17, 15) is 22.0 Å². The molecule has 1 aromatic carbocycles. The Hall–Kier alpha value is -2.42. The third kappa shape index (κ3) is 3.57. The van der Waals surface area contributed by atoms with Crippen molar-refractivity contribution in [1.29, 1.82) is 0 Å². The van der Waals surface area contributed by atoms with Crippen molar-refractivity contribution in [2.45, 2.75) is 26.1 Å². The summed E-state index contributed by atoms with van der Waals surface area (Å²) in [4.78, 5) is 4.26. The molecule has 9 heteroatoms. The zero-order chi connectivity index (χ0) is 19.0. The minimum absolute atomic E-state index is 0.0663. The van der Waals surface area contributed by atoms with Gasteiger partial charge in [0.05, 0.1) is 17.9 Å². The Labute approximate surface area is 146 Å². The molecule has 0 amide bonds. The molecule has 2 aromatic rings. The predicted octanol–water partition coefficient (Wildman–Crippen LogP) is 4.13. The molecule has 4 nitrogen and oxygen atoms in total. The largest absolute Gasteiger partial charge is 0.372 e. The number of halogens is 5. The molecule has 2 unspecified atom stereocenters. The molecule has 1 aromatic heterocycles. The van der Waals surface area contributed by atoms with E-state index in [0.717, 1.165) is 6.07 Å². The van der Waals surface area contributed by atoms with Crippen molar-refractivity contribution in [3.63, 3.8) is 0 Å². The second-order valence-electron chi connectivity index (χ2n) is 6.15. The van der Waals surface area contributed by atoms with E-state index in [4.69, 9.17) is 4.74 Å². The van der Waals surface area contributed by atoms with Gasteiger partial charge in [0.15, 0.2) is 0 Å². The van der Waals surface area contributed by atoms with Gasteiger partial charge in [0.1, 0.15) is 11.5 Å². The molecule has 1 aliphatic rings. The van der Waals surface area contributed by atoms with Crippen molar-refractivity contribution in [1.82, 2.24) is 4.98 Å². The van der Waals surface area contributed by atoms with Crippen molar-refractivity contribution in [2.75, 3.05) is 23.3 Å². The number of nitrogens with one attached hydrogen (secondary N) is 1. The lowest BCUT2D eigenvalue weighted by Crippen LogP contribution is -2.45. The fourth-order valence-electron chi connectivity index (χ4n) is 2.96. The van der Waals surface area contributed by atoms with Gasteiger partial charge in [-0.3, -0.25) is 0 Å². The van der Waals surface area contributed by atoms with Gasteiger partial charge < -0.3 is 15.0 Å². The molecule has 1 fully saturated rings. The van der Waals surface area contributed by atoms with Gasteiger partial charge in [-0.15, -0.1) is 0 Å². The number of pyridine rings is 1. The number of morpholine rings is 1. The summed E-state index contributed by atoms with van der Waals surface area (Å²) >= 11 is 0. The van der Waals surface area contributed by atoms with E-state index in [0.29, 0.717) is 18.8 Å². The number of hydrogen-bond acceptors (Lipinski definition) is 4. The molecule has 26 heavy (non-hydrogen) atoms. The summed E-state index contributed by atoms with van der Waals surface area (Å²) in [6.45, 7) is 4.71. The smallest absolute Gasteiger partial charge is 0.253 e. The van der Waals surface area contributed by atoms with Crippen LogP contribution < -0.4 is 10.2 Å². The summed E-state index contributed by atoms with van der Waals surface area (Å²) in [5.74, 6) is -7.61. The Bertz CT molecular complexity index is 796. The summed E-state index contributed by atoms with van der Waals surface area (Å²) in [6, 6.07) is 3.78. The molecule has 0 spiro atoms. The van der Waals surface area contributed by atoms with Crippen LogP contribution in [0, 0.1) is 29.3 Å². The summed E-state index contributed by atoms with van der Waals surface area (Å²) in [6.07, 6.45) is -0.163. The van der Waals surface area contributed by atoms with Crippen LogP contribution in [0.15, 0.2) is 18.2 Å². The summed E-state index contributed by atoms with van der Waals surface area (Å²) in [7, 11) is 0. The molecule has 1 N–H and O–H groups in total. The first-order valence-corrected chi connectivity index (χ1v) is 7.93. The molecule has 3 rings (SSSR count). The molecule has 2 atom stereocenters. The van der Waals surface area contributed by atoms with Crippen molar-refractivity contribution in [3.8, 4) is 0 Å². The number of hydrogen-bond donors (Lipinski definition) is 1. The molecule has 1 saturated heterocycles. The molecular formula is C17H16F5N3O. The van der Waals surface area contributed by atoms with Crippen molar-refractivity contribution in [2.24, 2.45) is 0 Å². The first kappa shape index (κ1) is 18.4. The fraction of sp³-hybridized carbons (Fsp3) is 0.353. The molecule has 0 radical (unpaired) electrons. The van der Waals surface area contributed by atoms with Crippen LogP contribution in [0.25, 0.3) is 0 Å². The summed E-state index contributed by atoms with van der Waals surface area (Å²) in [5.41, 5.74) is -0.843. The van der Waals surface area contributed by atoms with Gasteiger partial charge in [0, 0.05) is 18.8 Å². The molecule has 140 valence electrons. The number of rotatable bonds is 3. The van der Waals surface area contributed by atoms with Gasteiger partial charge >= 0.3 is 0 Å². The zero-order valence-electron chi connectivity index (χ0n) is 14.0. The molecule has 0 bridgehead atoms. The lowest BCUT2D eigenvalue weighted by atomic mass is 10.1. The molecule has 0 aliphatic carbocycles. The van der Waals surface area contributed by atoms with Gasteiger partial charge in [-0.1, -0.05) is 0 Å². The van der Waals surface area contributed by atoms with Crippen LogP contribution in [-0.4, -0.2) is 30.3 Å².